The number of para-hydroxylation sites is 1. The number of hydrogen-bond acceptors (Lipinski definition) is 7. The van der Waals surface area contributed by atoms with Crippen LogP contribution >= 0.6 is 0 Å². The van der Waals surface area contributed by atoms with Crippen LogP contribution in [0.4, 0.5) is 16.2 Å². The number of nitro groups is 1. The first kappa shape index (κ1) is 15.1. The Morgan fingerprint density at radius 2 is 1.95 bits per heavy atom. The lowest BCUT2D eigenvalue weighted by atomic mass is 10.1. The van der Waals surface area contributed by atoms with Crippen molar-refractivity contribution in [2.45, 2.75) is 6.92 Å². The molecular weight excluding hydrogens is 272 g/mol. The minimum atomic E-state index is -1.24. The van der Waals surface area contributed by atoms with Crippen LogP contribution in [0.1, 0.15) is 17.3 Å². The number of nitrogens with one attached hydrogen (secondary N) is 1. The van der Waals surface area contributed by atoms with E-state index in [1.54, 1.807) is 0 Å². The van der Waals surface area contributed by atoms with Gasteiger partial charge in [0.2, 0.25) is 0 Å². The van der Waals surface area contributed by atoms with Gasteiger partial charge in [0.15, 0.2) is 0 Å². The lowest BCUT2D eigenvalue weighted by Crippen LogP contribution is -2.19. The van der Waals surface area contributed by atoms with Crippen molar-refractivity contribution >= 4 is 29.4 Å². The van der Waals surface area contributed by atoms with E-state index in [-0.39, 0.29) is 5.56 Å². The highest BCUT2D eigenvalue weighted by atomic mass is 16.6. The van der Waals surface area contributed by atoms with E-state index in [4.69, 9.17) is 0 Å². The first-order chi connectivity index (χ1) is 9.36. The SMILES string of the molecule is COC(=O)c1cccc([N+](=O)[O-])c1NC(=O)OC(C)=O. The number of amides is 1. The van der Waals surface area contributed by atoms with Crippen molar-refractivity contribution in [2.24, 2.45) is 0 Å². The molecule has 0 saturated heterocycles. The summed E-state index contributed by atoms with van der Waals surface area (Å²) < 4.78 is 8.65. The molecule has 0 heterocycles. The van der Waals surface area contributed by atoms with Gasteiger partial charge in [0.05, 0.1) is 17.6 Å². The van der Waals surface area contributed by atoms with Gasteiger partial charge in [-0.15, -0.1) is 0 Å². The van der Waals surface area contributed by atoms with Gasteiger partial charge in [0.1, 0.15) is 5.69 Å². The molecular formula is C11H10N2O7. The normalized spacial score (nSPS) is 9.50. The van der Waals surface area contributed by atoms with Crippen molar-refractivity contribution in [2.75, 3.05) is 12.4 Å². The molecule has 0 unspecified atom stereocenters. The fourth-order valence-corrected chi connectivity index (χ4v) is 1.36. The molecule has 0 atom stereocenters. The molecule has 0 aliphatic heterocycles. The Labute approximate surface area is 112 Å². The largest absolute Gasteiger partial charge is 0.465 e. The Morgan fingerprint density at radius 3 is 2.45 bits per heavy atom. The molecule has 1 aromatic rings. The maximum absolute atomic E-state index is 11.5. The summed E-state index contributed by atoms with van der Waals surface area (Å²) in [5.74, 6) is -1.78. The van der Waals surface area contributed by atoms with Crippen molar-refractivity contribution in [1.29, 1.82) is 0 Å². The van der Waals surface area contributed by atoms with Gasteiger partial charge in [-0.05, 0) is 6.07 Å². The minimum Gasteiger partial charge on any atom is -0.465 e. The average molecular weight is 282 g/mol. The molecule has 0 aliphatic rings. The number of hydrogen-bond donors (Lipinski definition) is 1. The zero-order chi connectivity index (χ0) is 15.3. The number of nitro benzene ring substituents is 1. The highest BCUT2D eigenvalue weighted by Gasteiger charge is 2.24. The monoisotopic (exact) mass is 282 g/mol. The van der Waals surface area contributed by atoms with Gasteiger partial charge in [-0.1, -0.05) is 6.07 Å². The number of anilines is 1. The van der Waals surface area contributed by atoms with E-state index < -0.39 is 34.3 Å². The molecule has 0 aliphatic carbocycles. The molecule has 1 aromatic carbocycles. The maximum Gasteiger partial charge on any atom is 0.419 e. The molecule has 9 nitrogen and oxygen atoms in total. The Morgan fingerprint density at radius 1 is 1.30 bits per heavy atom. The van der Waals surface area contributed by atoms with Gasteiger partial charge in [-0.2, -0.15) is 0 Å². The van der Waals surface area contributed by atoms with Crippen LogP contribution < -0.4 is 5.32 Å². The Hall–Kier alpha value is -2.97. The zero-order valence-corrected chi connectivity index (χ0v) is 10.5. The van der Waals surface area contributed by atoms with E-state index in [1.165, 1.54) is 12.1 Å². The summed E-state index contributed by atoms with van der Waals surface area (Å²) in [6, 6.07) is 3.56. The number of methoxy groups -OCH3 is 1. The van der Waals surface area contributed by atoms with Crippen molar-refractivity contribution in [3.8, 4) is 0 Å². The summed E-state index contributed by atoms with van der Waals surface area (Å²) in [5, 5.41) is 12.9. The lowest BCUT2D eigenvalue weighted by molar-refractivity contribution is -0.384. The van der Waals surface area contributed by atoms with Gasteiger partial charge in [-0.3, -0.25) is 20.2 Å². The van der Waals surface area contributed by atoms with Crippen molar-refractivity contribution in [3.63, 3.8) is 0 Å². The highest BCUT2D eigenvalue weighted by molar-refractivity contribution is 6.03. The summed E-state index contributed by atoms with van der Waals surface area (Å²) in [4.78, 5) is 43.6. The smallest absolute Gasteiger partial charge is 0.419 e. The second kappa shape index (κ2) is 6.27. The van der Waals surface area contributed by atoms with Crippen molar-refractivity contribution in [3.05, 3.63) is 33.9 Å². The van der Waals surface area contributed by atoms with Gasteiger partial charge in [0.25, 0.3) is 5.69 Å². The average Bonchev–Trinajstić information content (AvgIpc) is 2.36. The summed E-state index contributed by atoms with van der Waals surface area (Å²) in [6.45, 7) is 0.986. The summed E-state index contributed by atoms with van der Waals surface area (Å²) in [5.41, 5.74) is -1.17. The first-order valence-corrected chi connectivity index (χ1v) is 5.22. The standard InChI is InChI=1S/C11H10N2O7/c1-6(14)20-11(16)12-9-7(10(15)19-2)4-3-5-8(9)13(17)18/h3-5H,1-2H3,(H,12,16). The van der Waals surface area contributed by atoms with Gasteiger partial charge in [0, 0.05) is 13.0 Å². The van der Waals surface area contributed by atoms with Crippen molar-refractivity contribution in [1.82, 2.24) is 0 Å². The maximum atomic E-state index is 11.5. The number of carbonyl (C=O) groups excluding carboxylic acids is 3. The van der Waals surface area contributed by atoms with Crippen LogP contribution in [0.25, 0.3) is 0 Å². The van der Waals surface area contributed by atoms with E-state index >= 15 is 0 Å². The topological polar surface area (TPSA) is 125 Å². The third-order valence-corrected chi connectivity index (χ3v) is 2.11. The van der Waals surface area contributed by atoms with E-state index in [2.05, 4.69) is 9.47 Å². The molecule has 1 rings (SSSR count). The van der Waals surface area contributed by atoms with Crippen LogP contribution in [0, 0.1) is 10.1 Å². The van der Waals surface area contributed by atoms with E-state index in [9.17, 15) is 24.5 Å². The predicted molar refractivity (Wildman–Crippen MR) is 65.2 cm³/mol. The second-order valence-electron chi connectivity index (χ2n) is 3.45. The van der Waals surface area contributed by atoms with Gasteiger partial charge in [-0.25, -0.2) is 9.59 Å². The molecule has 9 heteroatoms. The van der Waals surface area contributed by atoms with Crippen LogP contribution in [0.15, 0.2) is 18.2 Å². The van der Waals surface area contributed by atoms with Crippen LogP contribution in [-0.2, 0) is 14.3 Å². The predicted octanol–water partition coefficient (Wildman–Crippen LogP) is 1.48. The molecule has 20 heavy (non-hydrogen) atoms. The first-order valence-electron chi connectivity index (χ1n) is 5.22. The molecule has 0 radical (unpaired) electrons. The fourth-order valence-electron chi connectivity index (χ4n) is 1.36. The quantitative estimate of drug-likeness (QED) is 0.385. The zero-order valence-electron chi connectivity index (χ0n) is 10.5. The van der Waals surface area contributed by atoms with Crippen molar-refractivity contribution < 1.29 is 28.8 Å². The van der Waals surface area contributed by atoms with Crippen LogP contribution in [0.5, 0.6) is 0 Å². The van der Waals surface area contributed by atoms with E-state index in [1.807, 2.05) is 5.32 Å². The van der Waals surface area contributed by atoms with Gasteiger partial charge >= 0.3 is 18.0 Å². The minimum absolute atomic E-state index is 0.234. The second-order valence-corrected chi connectivity index (χ2v) is 3.45. The molecule has 0 spiro atoms. The number of nitrogens with zero attached hydrogens (tertiary/aromatic N) is 1. The lowest BCUT2D eigenvalue weighted by Gasteiger charge is -2.09. The molecule has 106 valence electrons. The molecule has 0 aromatic heterocycles. The number of rotatable bonds is 3. The summed E-state index contributed by atoms with van der Waals surface area (Å²) >= 11 is 0. The third kappa shape index (κ3) is 3.51. The Kier molecular flexibility index (Phi) is 4.73. The van der Waals surface area contributed by atoms with E-state index in [0.717, 1.165) is 20.1 Å². The van der Waals surface area contributed by atoms with Crippen LogP contribution in [0.2, 0.25) is 0 Å². The molecule has 0 saturated carbocycles. The number of ether oxygens (including phenoxy) is 2. The fraction of sp³-hybridized carbons (Fsp3) is 0.182. The third-order valence-electron chi connectivity index (χ3n) is 2.11. The molecule has 0 bridgehead atoms. The van der Waals surface area contributed by atoms with Crippen LogP contribution in [0.3, 0.4) is 0 Å². The van der Waals surface area contributed by atoms with Gasteiger partial charge < -0.3 is 9.47 Å². The molecule has 0 fully saturated rings. The molecule has 1 amide bonds. The number of carbonyl (C=O) groups is 3. The van der Waals surface area contributed by atoms with E-state index in [0.29, 0.717) is 0 Å². The number of esters is 2. The summed E-state index contributed by atoms with van der Waals surface area (Å²) in [6.07, 6.45) is -1.24. The van der Waals surface area contributed by atoms with Crippen LogP contribution in [-0.4, -0.2) is 30.1 Å². The highest BCUT2D eigenvalue weighted by Crippen LogP contribution is 2.28. The summed E-state index contributed by atoms with van der Waals surface area (Å²) in [7, 11) is 1.08. The Bertz CT molecular complexity index is 582. The number of benzene rings is 1. The molecule has 1 N–H and O–H groups in total. The Balaban J connectivity index is 3.25.